The molecule has 0 unspecified atom stereocenters. The standard InChI is InChI=1S/C10H22N2O2S.ClH/c1-9(2)15(13,14)8-7-12-5-3-10(11)4-6-12;/h9-10H,3-8,11H2,1-2H3;1H. The number of hydrogen-bond donors (Lipinski definition) is 1. The summed E-state index contributed by atoms with van der Waals surface area (Å²) in [6.07, 6.45) is 1.98. The third-order valence-electron chi connectivity index (χ3n) is 3.04. The quantitative estimate of drug-likeness (QED) is 0.815. The van der Waals surface area contributed by atoms with Crippen LogP contribution in [0.15, 0.2) is 0 Å². The topological polar surface area (TPSA) is 63.4 Å². The maximum absolute atomic E-state index is 11.6. The minimum absolute atomic E-state index is 0. The van der Waals surface area contributed by atoms with Crippen molar-refractivity contribution in [1.29, 1.82) is 0 Å². The monoisotopic (exact) mass is 270 g/mol. The van der Waals surface area contributed by atoms with E-state index in [0.717, 1.165) is 25.9 Å². The third kappa shape index (κ3) is 4.99. The number of nitrogens with two attached hydrogens (primary N) is 1. The molecule has 0 saturated carbocycles. The van der Waals surface area contributed by atoms with E-state index in [0.29, 0.717) is 12.6 Å². The van der Waals surface area contributed by atoms with Crippen LogP contribution in [0.25, 0.3) is 0 Å². The van der Waals surface area contributed by atoms with Gasteiger partial charge in [-0.05, 0) is 39.8 Å². The lowest BCUT2D eigenvalue weighted by Crippen LogP contribution is -2.42. The van der Waals surface area contributed by atoms with Crippen molar-refractivity contribution in [2.45, 2.75) is 38.0 Å². The summed E-state index contributed by atoms with van der Waals surface area (Å²) < 4.78 is 23.2. The van der Waals surface area contributed by atoms with Crippen LogP contribution in [0, 0.1) is 0 Å². The van der Waals surface area contributed by atoms with Crippen molar-refractivity contribution in [2.75, 3.05) is 25.4 Å². The van der Waals surface area contributed by atoms with E-state index in [9.17, 15) is 8.42 Å². The maximum atomic E-state index is 11.6. The van der Waals surface area contributed by atoms with Gasteiger partial charge in [-0.25, -0.2) is 8.42 Å². The summed E-state index contributed by atoms with van der Waals surface area (Å²) >= 11 is 0. The number of sulfone groups is 1. The number of hydrogen-bond acceptors (Lipinski definition) is 4. The second-order valence-corrected chi connectivity index (χ2v) is 7.27. The molecule has 1 aliphatic heterocycles. The largest absolute Gasteiger partial charge is 0.328 e. The Morgan fingerprint density at radius 3 is 2.25 bits per heavy atom. The highest BCUT2D eigenvalue weighted by Gasteiger charge is 2.20. The van der Waals surface area contributed by atoms with E-state index in [2.05, 4.69) is 4.90 Å². The Hall–Kier alpha value is 0.160. The average Bonchev–Trinajstić information content (AvgIpc) is 2.17. The number of likely N-dealkylation sites (tertiary alicyclic amines) is 1. The molecule has 16 heavy (non-hydrogen) atoms. The van der Waals surface area contributed by atoms with Crippen LogP contribution < -0.4 is 5.73 Å². The molecule has 0 radical (unpaired) electrons. The summed E-state index contributed by atoms with van der Waals surface area (Å²) in [4.78, 5) is 2.20. The number of nitrogens with zero attached hydrogens (tertiary/aromatic N) is 1. The van der Waals surface area contributed by atoms with Crippen molar-refractivity contribution in [3.05, 3.63) is 0 Å². The molecule has 1 heterocycles. The van der Waals surface area contributed by atoms with Crippen LogP contribution in [0.1, 0.15) is 26.7 Å². The molecule has 1 saturated heterocycles. The van der Waals surface area contributed by atoms with E-state index in [1.807, 2.05) is 0 Å². The normalized spacial score (nSPS) is 19.8. The Labute approximate surface area is 105 Å². The summed E-state index contributed by atoms with van der Waals surface area (Å²) in [6.45, 7) is 6.01. The van der Waals surface area contributed by atoms with E-state index in [4.69, 9.17) is 5.73 Å². The van der Waals surface area contributed by atoms with Crippen molar-refractivity contribution < 1.29 is 8.42 Å². The van der Waals surface area contributed by atoms with Gasteiger partial charge in [0, 0.05) is 12.6 Å². The molecule has 0 aliphatic carbocycles. The van der Waals surface area contributed by atoms with Gasteiger partial charge in [-0.3, -0.25) is 0 Å². The van der Waals surface area contributed by atoms with Gasteiger partial charge in [0.05, 0.1) is 11.0 Å². The summed E-state index contributed by atoms with van der Waals surface area (Å²) in [5.41, 5.74) is 5.78. The highest BCUT2D eigenvalue weighted by Crippen LogP contribution is 2.09. The molecular weight excluding hydrogens is 248 g/mol. The highest BCUT2D eigenvalue weighted by atomic mass is 35.5. The van der Waals surface area contributed by atoms with Crippen LogP contribution in [0.4, 0.5) is 0 Å². The highest BCUT2D eigenvalue weighted by molar-refractivity contribution is 7.92. The second-order valence-electron chi connectivity index (χ2n) is 4.59. The Morgan fingerprint density at radius 1 is 1.31 bits per heavy atom. The van der Waals surface area contributed by atoms with Crippen molar-refractivity contribution in [2.24, 2.45) is 5.73 Å². The zero-order chi connectivity index (χ0) is 11.5. The van der Waals surface area contributed by atoms with E-state index in [1.54, 1.807) is 13.8 Å². The average molecular weight is 271 g/mol. The molecule has 98 valence electrons. The molecule has 6 heteroatoms. The van der Waals surface area contributed by atoms with E-state index in [-0.39, 0.29) is 23.4 Å². The summed E-state index contributed by atoms with van der Waals surface area (Å²) in [6, 6.07) is 0.308. The first-order valence-electron chi connectivity index (χ1n) is 5.61. The molecule has 4 nitrogen and oxygen atoms in total. The predicted octanol–water partition coefficient (Wildman–Crippen LogP) is 0.655. The minimum atomic E-state index is -2.88. The predicted molar refractivity (Wildman–Crippen MR) is 69.8 cm³/mol. The Balaban J connectivity index is 0.00000225. The van der Waals surface area contributed by atoms with Gasteiger partial charge >= 0.3 is 0 Å². The van der Waals surface area contributed by atoms with Gasteiger partial charge in [-0.15, -0.1) is 12.4 Å². The zero-order valence-electron chi connectivity index (χ0n) is 10.1. The molecule has 0 aromatic rings. The second kappa shape index (κ2) is 6.79. The van der Waals surface area contributed by atoms with Crippen LogP contribution in [-0.4, -0.2) is 50.0 Å². The molecule has 1 rings (SSSR count). The molecule has 2 N–H and O–H groups in total. The maximum Gasteiger partial charge on any atom is 0.153 e. The van der Waals surface area contributed by atoms with E-state index in [1.165, 1.54) is 0 Å². The van der Waals surface area contributed by atoms with Crippen LogP contribution >= 0.6 is 12.4 Å². The van der Waals surface area contributed by atoms with Gasteiger partial charge < -0.3 is 10.6 Å². The lowest BCUT2D eigenvalue weighted by Gasteiger charge is -2.30. The van der Waals surface area contributed by atoms with Crippen molar-refractivity contribution >= 4 is 22.2 Å². The van der Waals surface area contributed by atoms with Crippen molar-refractivity contribution in [3.8, 4) is 0 Å². The first-order valence-corrected chi connectivity index (χ1v) is 7.33. The summed E-state index contributed by atoms with van der Waals surface area (Å²) in [5, 5.41) is -0.260. The van der Waals surface area contributed by atoms with Crippen molar-refractivity contribution in [1.82, 2.24) is 4.90 Å². The number of piperidine rings is 1. The molecule has 0 amide bonds. The van der Waals surface area contributed by atoms with Crippen LogP contribution in [-0.2, 0) is 9.84 Å². The molecule has 1 fully saturated rings. The lowest BCUT2D eigenvalue weighted by atomic mass is 10.1. The van der Waals surface area contributed by atoms with Crippen LogP contribution in [0.3, 0.4) is 0 Å². The molecule has 1 aliphatic rings. The Kier molecular flexibility index (Phi) is 6.86. The number of halogens is 1. The third-order valence-corrected chi connectivity index (χ3v) is 5.23. The molecular formula is C10H23ClN2O2S. The Bertz CT molecular complexity index is 285. The fourth-order valence-corrected chi connectivity index (χ4v) is 2.65. The van der Waals surface area contributed by atoms with E-state index >= 15 is 0 Å². The van der Waals surface area contributed by atoms with Crippen LogP contribution in [0.2, 0.25) is 0 Å². The van der Waals surface area contributed by atoms with Crippen molar-refractivity contribution in [3.63, 3.8) is 0 Å². The van der Waals surface area contributed by atoms with Gasteiger partial charge in [-0.2, -0.15) is 0 Å². The fraction of sp³-hybridized carbons (Fsp3) is 1.00. The summed E-state index contributed by atoms with van der Waals surface area (Å²) in [5.74, 6) is 0.278. The fourth-order valence-electron chi connectivity index (χ4n) is 1.67. The van der Waals surface area contributed by atoms with Gasteiger partial charge in [0.2, 0.25) is 0 Å². The molecule has 0 spiro atoms. The molecule has 0 bridgehead atoms. The summed E-state index contributed by atoms with van der Waals surface area (Å²) in [7, 11) is -2.88. The van der Waals surface area contributed by atoms with Gasteiger partial charge in [0.15, 0.2) is 9.84 Å². The van der Waals surface area contributed by atoms with Gasteiger partial charge in [0.25, 0.3) is 0 Å². The molecule has 0 aromatic carbocycles. The van der Waals surface area contributed by atoms with E-state index < -0.39 is 9.84 Å². The minimum Gasteiger partial charge on any atom is -0.328 e. The first-order chi connectivity index (χ1) is 6.92. The van der Waals surface area contributed by atoms with Crippen LogP contribution in [0.5, 0.6) is 0 Å². The zero-order valence-corrected chi connectivity index (χ0v) is 11.7. The lowest BCUT2D eigenvalue weighted by molar-refractivity contribution is 0.224. The Morgan fingerprint density at radius 2 is 1.81 bits per heavy atom. The molecule has 0 atom stereocenters. The smallest absolute Gasteiger partial charge is 0.153 e. The molecule has 0 aromatic heterocycles. The first kappa shape index (κ1) is 16.2. The van der Waals surface area contributed by atoms with Gasteiger partial charge in [0.1, 0.15) is 0 Å². The number of rotatable bonds is 4. The van der Waals surface area contributed by atoms with Gasteiger partial charge in [-0.1, -0.05) is 0 Å². The SMILES string of the molecule is CC(C)S(=O)(=O)CCN1CCC(N)CC1.Cl.